The lowest BCUT2D eigenvalue weighted by Crippen LogP contribution is -2.59. The maximum absolute atomic E-state index is 13.2. The van der Waals surface area contributed by atoms with Crippen molar-refractivity contribution in [3.8, 4) is 0 Å². The van der Waals surface area contributed by atoms with Gasteiger partial charge in [-0.05, 0) is 53.4 Å². The van der Waals surface area contributed by atoms with Crippen LogP contribution in [0.1, 0.15) is 68.7 Å². The first-order chi connectivity index (χ1) is 14.6. The summed E-state index contributed by atoms with van der Waals surface area (Å²) >= 11 is 0. The van der Waals surface area contributed by atoms with Gasteiger partial charge >= 0.3 is 12.1 Å². The van der Waals surface area contributed by atoms with Gasteiger partial charge in [-0.25, -0.2) is 9.59 Å². The molecule has 31 heavy (non-hydrogen) atoms. The summed E-state index contributed by atoms with van der Waals surface area (Å²) < 4.78 is 12.3. The summed E-state index contributed by atoms with van der Waals surface area (Å²) in [6.07, 6.45) is 6.43. The van der Waals surface area contributed by atoms with Crippen molar-refractivity contribution < 1.29 is 23.9 Å². The first kappa shape index (κ1) is 22.8. The molecule has 1 aromatic rings. The number of hydrogen-bond donors (Lipinski definition) is 1. The third kappa shape index (κ3) is 4.75. The number of aromatic nitrogens is 2. The number of rotatable bonds is 4. The second-order valence-corrected chi connectivity index (χ2v) is 9.09. The van der Waals surface area contributed by atoms with E-state index >= 15 is 0 Å². The molecule has 9 nitrogen and oxygen atoms in total. The minimum atomic E-state index is -1.20. The van der Waals surface area contributed by atoms with Crippen molar-refractivity contribution in [2.75, 3.05) is 13.7 Å². The Morgan fingerprint density at radius 3 is 2.65 bits per heavy atom. The molecule has 0 spiro atoms. The monoisotopic (exact) mass is 432 g/mol. The zero-order chi connectivity index (χ0) is 22.8. The van der Waals surface area contributed by atoms with Crippen LogP contribution in [0.2, 0.25) is 0 Å². The Hall–Kier alpha value is -2.84. The average Bonchev–Trinajstić information content (AvgIpc) is 3.08. The van der Waals surface area contributed by atoms with Gasteiger partial charge in [-0.2, -0.15) is 5.10 Å². The molecule has 0 bridgehead atoms. The molecular formula is C22H32N4O5. The number of methoxy groups -OCH3 is 1. The standard InChI is InChI=1S/C22H32N4O5/c1-21(2,3)31-20(29)25-12-9-7-11-22(25,4)19(28)23-14-15-17(18(27)30-5)16-10-6-8-13-26(16)24-15/h7,11H,6,8-10,12-14H2,1-5H3,(H,23,28). The molecule has 170 valence electrons. The minimum Gasteiger partial charge on any atom is -0.465 e. The molecule has 2 amide bonds. The van der Waals surface area contributed by atoms with Gasteiger partial charge in [-0.1, -0.05) is 12.2 Å². The summed E-state index contributed by atoms with van der Waals surface area (Å²) in [4.78, 5) is 39.8. The number of nitrogens with zero attached hydrogens (tertiary/aromatic N) is 3. The van der Waals surface area contributed by atoms with Gasteiger partial charge in [0.1, 0.15) is 16.7 Å². The molecular weight excluding hydrogens is 400 g/mol. The van der Waals surface area contributed by atoms with E-state index in [-0.39, 0.29) is 12.5 Å². The van der Waals surface area contributed by atoms with Crippen LogP contribution in [-0.2, 0) is 33.8 Å². The first-order valence-corrected chi connectivity index (χ1v) is 10.7. The zero-order valence-electron chi connectivity index (χ0n) is 19.0. The van der Waals surface area contributed by atoms with Gasteiger partial charge in [0.05, 0.1) is 25.0 Å². The molecule has 1 atom stereocenters. The molecule has 1 N–H and O–H groups in total. The van der Waals surface area contributed by atoms with Crippen LogP contribution >= 0.6 is 0 Å². The molecule has 0 aromatic carbocycles. The molecule has 0 radical (unpaired) electrons. The molecule has 0 saturated heterocycles. The molecule has 1 unspecified atom stereocenters. The van der Waals surface area contributed by atoms with Gasteiger partial charge in [-0.15, -0.1) is 0 Å². The van der Waals surface area contributed by atoms with E-state index in [1.807, 2.05) is 10.8 Å². The zero-order valence-corrected chi connectivity index (χ0v) is 19.0. The van der Waals surface area contributed by atoms with E-state index in [2.05, 4.69) is 10.4 Å². The van der Waals surface area contributed by atoms with Crippen molar-refractivity contribution in [2.45, 2.75) is 77.6 Å². The normalized spacial score (nSPS) is 20.7. The summed E-state index contributed by atoms with van der Waals surface area (Å²) in [5.74, 6) is -0.817. The lowest BCUT2D eigenvalue weighted by atomic mass is 9.94. The van der Waals surface area contributed by atoms with Crippen molar-refractivity contribution in [2.24, 2.45) is 0 Å². The van der Waals surface area contributed by atoms with E-state index in [1.54, 1.807) is 33.8 Å². The third-order valence-electron chi connectivity index (χ3n) is 5.57. The number of amides is 2. The predicted molar refractivity (Wildman–Crippen MR) is 113 cm³/mol. The van der Waals surface area contributed by atoms with Crippen molar-refractivity contribution in [1.82, 2.24) is 20.0 Å². The Kier molecular flexibility index (Phi) is 6.43. The van der Waals surface area contributed by atoms with Gasteiger partial charge < -0.3 is 14.8 Å². The highest BCUT2D eigenvalue weighted by Gasteiger charge is 2.43. The van der Waals surface area contributed by atoms with Gasteiger partial charge in [0, 0.05) is 13.1 Å². The Balaban J connectivity index is 1.80. The number of nitrogens with one attached hydrogen (secondary N) is 1. The molecule has 0 saturated carbocycles. The lowest BCUT2D eigenvalue weighted by molar-refractivity contribution is -0.130. The topological polar surface area (TPSA) is 103 Å². The summed E-state index contributed by atoms with van der Waals surface area (Å²) in [6, 6.07) is 0. The number of hydrogen-bond acceptors (Lipinski definition) is 6. The maximum Gasteiger partial charge on any atom is 0.411 e. The van der Waals surface area contributed by atoms with E-state index in [0.29, 0.717) is 24.2 Å². The number of fused-ring (bicyclic) bond motifs is 1. The number of esters is 1. The second kappa shape index (κ2) is 8.72. The van der Waals surface area contributed by atoms with Crippen LogP contribution in [0.5, 0.6) is 0 Å². The average molecular weight is 433 g/mol. The minimum absolute atomic E-state index is 0.0643. The SMILES string of the molecule is COC(=O)c1c(CNC(=O)C2(C)C=CCCN2C(=O)OC(C)(C)C)nn2c1CCCC2. The van der Waals surface area contributed by atoms with E-state index in [9.17, 15) is 14.4 Å². The van der Waals surface area contributed by atoms with Crippen LogP contribution in [0.25, 0.3) is 0 Å². The Labute approximate surface area is 182 Å². The van der Waals surface area contributed by atoms with Crippen molar-refractivity contribution >= 4 is 18.0 Å². The van der Waals surface area contributed by atoms with Gasteiger partial charge in [-0.3, -0.25) is 14.4 Å². The van der Waals surface area contributed by atoms with Crippen LogP contribution in [0.15, 0.2) is 12.2 Å². The molecule has 1 aromatic heterocycles. The summed E-state index contributed by atoms with van der Waals surface area (Å²) in [7, 11) is 1.34. The van der Waals surface area contributed by atoms with Crippen molar-refractivity contribution in [1.29, 1.82) is 0 Å². The van der Waals surface area contributed by atoms with Crippen molar-refractivity contribution in [3.63, 3.8) is 0 Å². The van der Waals surface area contributed by atoms with Gasteiger partial charge in [0.15, 0.2) is 0 Å². The van der Waals surface area contributed by atoms with E-state index in [1.165, 1.54) is 12.0 Å². The molecule has 0 aliphatic carbocycles. The smallest absolute Gasteiger partial charge is 0.411 e. The van der Waals surface area contributed by atoms with Crippen LogP contribution < -0.4 is 5.32 Å². The maximum atomic E-state index is 13.2. The molecule has 0 fully saturated rings. The fourth-order valence-corrected chi connectivity index (χ4v) is 3.98. The Morgan fingerprint density at radius 1 is 1.23 bits per heavy atom. The number of aryl methyl sites for hydroxylation is 1. The van der Waals surface area contributed by atoms with Gasteiger partial charge in [0.2, 0.25) is 5.91 Å². The van der Waals surface area contributed by atoms with E-state index < -0.39 is 23.2 Å². The number of ether oxygens (including phenoxy) is 2. The molecule has 3 heterocycles. The van der Waals surface area contributed by atoms with E-state index in [0.717, 1.165) is 31.5 Å². The van der Waals surface area contributed by atoms with E-state index in [4.69, 9.17) is 9.47 Å². The Morgan fingerprint density at radius 2 is 1.97 bits per heavy atom. The highest BCUT2D eigenvalue weighted by Crippen LogP contribution is 2.26. The molecule has 9 heteroatoms. The fourth-order valence-electron chi connectivity index (χ4n) is 3.98. The molecule has 2 aliphatic rings. The highest BCUT2D eigenvalue weighted by molar-refractivity contribution is 5.93. The second-order valence-electron chi connectivity index (χ2n) is 9.09. The number of carbonyl (C=O) groups is 3. The van der Waals surface area contributed by atoms with Crippen molar-refractivity contribution in [3.05, 3.63) is 29.1 Å². The Bertz CT molecular complexity index is 898. The predicted octanol–water partition coefficient (Wildman–Crippen LogP) is 2.58. The summed E-state index contributed by atoms with van der Waals surface area (Å²) in [5.41, 5.74) is -0.118. The first-order valence-electron chi connectivity index (χ1n) is 10.7. The highest BCUT2D eigenvalue weighted by atomic mass is 16.6. The third-order valence-corrected chi connectivity index (χ3v) is 5.57. The quantitative estimate of drug-likeness (QED) is 0.579. The van der Waals surface area contributed by atoms with Gasteiger partial charge in [0.25, 0.3) is 0 Å². The molecule has 3 rings (SSSR count). The summed E-state index contributed by atoms with van der Waals surface area (Å²) in [5, 5.41) is 7.40. The van der Waals surface area contributed by atoms with Crippen LogP contribution in [0.4, 0.5) is 4.79 Å². The van der Waals surface area contributed by atoms with Crippen LogP contribution in [-0.4, -0.2) is 57.4 Å². The van der Waals surface area contributed by atoms with Crippen LogP contribution in [0.3, 0.4) is 0 Å². The fraction of sp³-hybridized carbons (Fsp3) is 0.636. The lowest BCUT2D eigenvalue weighted by Gasteiger charge is -2.40. The summed E-state index contributed by atoms with van der Waals surface area (Å²) in [6.45, 7) is 8.22. The number of carbonyl (C=O) groups excluding carboxylic acids is 3. The largest absolute Gasteiger partial charge is 0.465 e. The molecule has 2 aliphatic heterocycles. The van der Waals surface area contributed by atoms with Crippen LogP contribution in [0, 0.1) is 0 Å².